The fourth-order valence-electron chi connectivity index (χ4n) is 3.98. The van der Waals surface area contributed by atoms with Gasteiger partial charge in [-0.25, -0.2) is 0 Å². The summed E-state index contributed by atoms with van der Waals surface area (Å²) in [7, 11) is 6.32. The van der Waals surface area contributed by atoms with Crippen molar-refractivity contribution in [2.75, 3.05) is 21.1 Å². The number of rotatable bonds is 7. The van der Waals surface area contributed by atoms with Gasteiger partial charge in [-0.3, -0.25) is 14.7 Å². The van der Waals surface area contributed by atoms with Crippen LogP contribution in [0.1, 0.15) is 34.1 Å². The summed E-state index contributed by atoms with van der Waals surface area (Å²) in [5.41, 5.74) is 10.6. The summed E-state index contributed by atoms with van der Waals surface area (Å²) in [5.74, 6) is -1.20. The third-order valence-electron chi connectivity index (χ3n) is 5.90. The number of nitrogens with one attached hydrogen (secondary N) is 2. The van der Waals surface area contributed by atoms with Gasteiger partial charge in [0, 0.05) is 30.0 Å². The second-order valence-electron chi connectivity index (χ2n) is 9.79. The Balaban J connectivity index is 0.000000934. The van der Waals surface area contributed by atoms with Crippen LogP contribution in [0.25, 0.3) is 10.9 Å². The highest BCUT2D eigenvalue weighted by atomic mass is 16.4. The van der Waals surface area contributed by atoms with Crippen LogP contribution >= 0.6 is 0 Å². The number of carboxylic acid groups (broad SMARTS) is 1. The number of phenols is 1. The highest BCUT2D eigenvalue weighted by Gasteiger charge is 2.18. The number of phenolic OH excluding ortho intramolecular Hbond substituents is 1. The minimum Gasteiger partial charge on any atom is -0.550 e. The van der Waals surface area contributed by atoms with Gasteiger partial charge in [0.2, 0.25) is 0 Å². The highest BCUT2D eigenvalue weighted by Crippen LogP contribution is 2.29. The Morgan fingerprint density at radius 2 is 1.63 bits per heavy atom. The maximum Gasteiger partial charge on any atom is 0.268 e. The average Bonchev–Trinajstić information content (AvgIpc) is 3.22. The number of fused-ring (bicyclic) bond motifs is 1. The molecule has 1 amide bonds. The number of nitrogens with two attached hydrogens (primary N) is 1. The van der Waals surface area contributed by atoms with Gasteiger partial charge in [0.1, 0.15) is 23.0 Å². The molecule has 198 valence electrons. The second kappa shape index (κ2) is 11.6. The predicted octanol–water partition coefficient (Wildman–Crippen LogP) is 2.56. The monoisotopic (exact) mass is 515 g/mol. The molecule has 1 aromatic heterocycles. The zero-order valence-electron chi connectivity index (χ0n) is 22.0. The van der Waals surface area contributed by atoms with Gasteiger partial charge in [-0.1, -0.05) is 36.4 Å². The van der Waals surface area contributed by atoms with E-state index in [1.165, 1.54) is 5.69 Å². The number of amides is 1. The van der Waals surface area contributed by atoms with E-state index in [1.807, 2.05) is 41.0 Å². The van der Waals surface area contributed by atoms with E-state index in [0.717, 1.165) is 28.1 Å². The minimum atomic E-state index is -1.08. The zero-order chi connectivity index (χ0) is 28.0. The Morgan fingerprint density at radius 3 is 2.24 bits per heavy atom. The van der Waals surface area contributed by atoms with E-state index in [9.17, 15) is 9.90 Å². The molecule has 1 heterocycles. The largest absolute Gasteiger partial charge is 0.550 e. The molecule has 9 nitrogen and oxygen atoms in total. The molecular formula is C29H33N5O4. The van der Waals surface area contributed by atoms with Gasteiger partial charge in [-0.05, 0) is 54.4 Å². The predicted molar refractivity (Wildman–Crippen MR) is 148 cm³/mol. The van der Waals surface area contributed by atoms with Crippen molar-refractivity contribution in [3.8, 4) is 5.75 Å². The number of carbonyl (C=O) groups excluding carboxylic acids is 2. The topological polar surface area (TPSA) is 144 Å². The molecule has 5 N–H and O–H groups in total. The van der Waals surface area contributed by atoms with Gasteiger partial charge >= 0.3 is 0 Å². The van der Waals surface area contributed by atoms with Crippen molar-refractivity contribution < 1.29 is 19.8 Å². The third kappa shape index (κ3) is 6.98. The Labute approximate surface area is 221 Å². The van der Waals surface area contributed by atoms with Gasteiger partial charge in [0.15, 0.2) is 0 Å². The number of carbonyl (C=O) groups is 2. The van der Waals surface area contributed by atoms with Crippen LogP contribution in [0.4, 0.5) is 5.69 Å². The molecule has 0 saturated carbocycles. The van der Waals surface area contributed by atoms with Crippen molar-refractivity contribution >= 4 is 34.3 Å². The lowest BCUT2D eigenvalue weighted by Gasteiger charge is -2.23. The van der Waals surface area contributed by atoms with Crippen LogP contribution in [0.5, 0.6) is 5.75 Å². The van der Waals surface area contributed by atoms with E-state index in [0.29, 0.717) is 29.7 Å². The van der Waals surface area contributed by atoms with Gasteiger partial charge in [0.25, 0.3) is 5.91 Å². The van der Waals surface area contributed by atoms with Crippen LogP contribution in [-0.4, -0.2) is 48.5 Å². The van der Waals surface area contributed by atoms with Gasteiger partial charge < -0.3 is 30.6 Å². The van der Waals surface area contributed by atoms with Crippen LogP contribution in [0.3, 0.4) is 0 Å². The molecule has 9 heteroatoms. The van der Waals surface area contributed by atoms with E-state index < -0.39 is 5.97 Å². The van der Waals surface area contributed by atoms with E-state index in [-0.39, 0.29) is 17.5 Å². The first-order valence-corrected chi connectivity index (χ1v) is 12.0. The number of aliphatic carboxylic acids is 1. The lowest BCUT2D eigenvalue weighted by atomic mass is 10.1. The molecule has 0 aliphatic carbocycles. The lowest BCUT2D eigenvalue weighted by Crippen LogP contribution is -2.34. The van der Waals surface area contributed by atoms with E-state index in [2.05, 4.69) is 38.6 Å². The molecule has 0 fully saturated rings. The molecule has 3 aromatic carbocycles. The summed E-state index contributed by atoms with van der Waals surface area (Å²) in [4.78, 5) is 22.1. The number of quaternary nitrogens is 1. The lowest BCUT2D eigenvalue weighted by molar-refractivity contribution is -0.302. The first-order valence-electron chi connectivity index (χ1n) is 12.0. The summed E-state index contributed by atoms with van der Waals surface area (Å²) >= 11 is 0. The first-order chi connectivity index (χ1) is 17.9. The summed E-state index contributed by atoms with van der Waals surface area (Å²) < 4.78 is 2.60. The molecule has 0 saturated heterocycles. The summed E-state index contributed by atoms with van der Waals surface area (Å²) in [6.07, 6.45) is 0. The minimum absolute atomic E-state index is 0.00824. The third-order valence-corrected chi connectivity index (χ3v) is 5.90. The van der Waals surface area contributed by atoms with Crippen LogP contribution < -0.4 is 20.6 Å². The van der Waals surface area contributed by atoms with Crippen molar-refractivity contribution in [1.82, 2.24) is 14.4 Å². The SMILES string of the molecule is CC(=O)[O-].C[N+](C)(C)c1ccc(CNC(=O)c2cc3c(O)cccc3n2Cc2cccc(C(=N)N)c2)cc1. The Morgan fingerprint density at radius 1 is 1.00 bits per heavy atom. The smallest absolute Gasteiger partial charge is 0.268 e. The molecule has 0 aliphatic heterocycles. The molecule has 0 unspecified atom stereocenters. The Hall–Kier alpha value is -4.63. The molecule has 0 atom stereocenters. The zero-order valence-corrected chi connectivity index (χ0v) is 22.0. The van der Waals surface area contributed by atoms with Crippen molar-refractivity contribution in [3.05, 3.63) is 95.2 Å². The Bertz CT molecular complexity index is 1460. The molecule has 0 aliphatic rings. The summed E-state index contributed by atoms with van der Waals surface area (Å²) in [5, 5.41) is 30.6. The molecule has 38 heavy (non-hydrogen) atoms. The van der Waals surface area contributed by atoms with Gasteiger partial charge in [-0.15, -0.1) is 0 Å². The molecule has 4 aromatic rings. The van der Waals surface area contributed by atoms with Crippen LogP contribution in [-0.2, 0) is 17.9 Å². The van der Waals surface area contributed by atoms with Crippen molar-refractivity contribution in [2.45, 2.75) is 20.0 Å². The van der Waals surface area contributed by atoms with Crippen LogP contribution in [0.2, 0.25) is 0 Å². The number of hydrogen-bond acceptors (Lipinski definition) is 5. The van der Waals surface area contributed by atoms with E-state index in [4.69, 9.17) is 21.0 Å². The van der Waals surface area contributed by atoms with Gasteiger partial charge in [-0.2, -0.15) is 0 Å². The van der Waals surface area contributed by atoms with E-state index >= 15 is 0 Å². The fraction of sp³-hybridized carbons (Fsp3) is 0.207. The number of aromatic hydroxyl groups is 1. The number of nitrogen functional groups attached to an aromatic ring is 1. The molecule has 0 spiro atoms. The van der Waals surface area contributed by atoms with Crippen LogP contribution in [0.15, 0.2) is 72.8 Å². The van der Waals surface area contributed by atoms with Crippen molar-refractivity contribution in [3.63, 3.8) is 0 Å². The van der Waals surface area contributed by atoms with Crippen LogP contribution in [0, 0.1) is 5.41 Å². The Kier molecular flexibility index (Phi) is 8.54. The maximum atomic E-state index is 13.2. The standard InChI is InChI=1S/C27H29N5O2.C2H4O2/c1-32(2,3)21-12-10-18(11-13-21)16-30-27(34)24-15-22-23(8-5-9-25(22)33)31(24)17-19-6-4-7-20(14-19)26(28)29;1-2(3)4/h4-15H,16-17H2,1-3H3,(H4-,28,29,30,33,34);1H3,(H,3,4). The normalized spacial score (nSPS) is 10.9. The van der Waals surface area contributed by atoms with E-state index in [1.54, 1.807) is 24.3 Å². The maximum absolute atomic E-state index is 13.2. The molecule has 0 bridgehead atoms. The highest BCUT2D eigenvalue weighted by molar-refractivity contribution is 6.00. The number of carboxylic acids is 1. The second-order valence-corrected chi connectivity index (χ2v) is 9.79. The molecule has 0 radical (unpaired) electrons. The number of amidine groups is 1. The van der Waals surface area contributed by atoms with Crippen molar-refractivity contribution in [2.24, 2.45) is 5.73 Å². The molecule has 4 rings (SSSR count). The molecular weight excluding hydrogens is 482 g/mol. The number of hydrogen-bond donors (Lipinski definition) is 4. The number of nitrogens with zero attached hydrogens (tertiary/aromatic N) is 2. The summed E-state index contributed by atoms with van der Waals surface area (Å²) in [6, 6.07) is 22.5. The fourth-order valence-corrected chi connectivity index (χ4v) is 3.98. The quantitative estimate of drug-likeness (QED) is 0.170. The van der Waals surface area contributed by atoms with Gasteiger partial charge in [0.05, 0.1) is 26.7 Å². The first kappa shape index (κ1) is 27.9. The average molecular weight is 516 g/mol. The summed E-state index contributed by atoms with van der Waals surface area (Å²) in [6.45, 7) is 1.76. The van der Waals surface area contributed by atoms with Crippen molar-refractivity contribution in [1.29, 1.82) is 5.41 Å². The number of benzene rings is 3. The number of aromatic nitrogens is 1.